The largest absolute Gasteiger partial charge is 0.258 e. The number of aromatic nitrogens is 3. The van der Waals surface area contributed by atoms with Gasteiger partial charge in [0.2, 0.25) is 0 Å². The molecule has 0 aliphatic rings. The van der Waals surface area contributed by atoms with Gasteiger partial charge in [-0.15, -0.1) is 11.3 Å². The fourth-order valence-electron chi connectivity index (χ4n) is 1.92. The molecule has 4 heteroatoms. The zero-order chi connectivity index (χ0) is 14.1. The van der Waals surface area contributed by atoms with Crippen LogP contribution >= 0.6 is 11.3 Å². The third-order valence-electron chi connectivity index (χ3n) is 3.11. The predicted octanol–water partition coefficient (Wildman–Crippen LogP) is 3.75. The van der Waals surface area contributed by atoms with Crippen LogP contribution in [-0.4, -0.2) is 15.0 Å². The van der Waals surface area contributed by atoms with E-state index in [1.54, 1.807) is 11.3 Å². The average molecular weight is 275 g/mol. The summed E-state index contributed by atoms with van der Waals surface area (Å²) < 4.78 is 0. The average Bonchev–Trinajstić information content (AvgIpc) is 2.82. The lowest BCUT2D eigenvalue weighted by Gasteiger charge is -2.22. The zero-order valence-corrected chi connectivity index (χ0v) is 13.1. The molecular formula is C15H21N3S. The molecule has 2 rings (SSSR count). The Balaban J connectivity index is 2.16. The monoisotopic (exact) mass is 275 g/mol. The van der Waals surface area contributed by atoms with Gasteiger partial charge in [0.1, 0.15) is 0 Å². The smallest absolute Gasteiger partial charge is 0.0985 e. The number of nitrogens with zero attached hydrogens (tertiary/aromatic N) is 3. The van der Waals surface area contributed by atoms with Gasteiger partial charge in [0, 0.05) is 41.2 Å². The highest BCUT2D eigenvalue weighted by atomic mass is 32.1. The van der Waals surface area contributed by atoms with Crippen molar-refractivity contribution in [2.75, 3.05) is 0 Å². The van der Waals surface area contributed by atoms with E-state index in [0.29, 0.717) is 0 Å². The van der Waals surface area contributed by atoms with Crippen LogP contribution in [-0.2, 0) is 17.3 Å². The van der Waals surface area contributed by atoms with Gasteiger partial charge in [0.05, 0.1) is 16.4 Å². The van der Waals surface area contributed by atoms with Gasteiger partial charge in [-0.3, -0.25) is 9.97 Å². The second-order valence-corrected chi connectivity index (χ2v) is 7.44. The third-order valence-corrected chi connectivity index (χ3v) is 4.25. The molecule has 0 N–H and O–H groups in total. The summed E-state index contributed by atoms with van der Waals surface area (Å²) in [5.74, 6) is 0. The van der Waals surface area contributed by atoms with Crippen molar-refractivity contribution in [3.63, 3.8) is 0 Å². The summed E-state index contributed by atoms with van der Waals surface area (Å²) in [4.78, 5) is 13.5. The van der Waals surface area contributed by atoms with Crippen molar-refractivity contribution in [3.05, 3.63) is 40.4 Å². The van der Waals surface area contributed by atoms with Crippen LogP contribution in [0.2, 0.25) is 0 Å². The highest BCUT2D eigenvalue weighted by Gasteiger charge is 2.25. The van der Waals surface area contributed by atoms with E-state index in [9.17, 15) is 0 Å². The molecule has 0 saturated carbocycles. The zero-order valence-electron chi connectivity index (χ0n) is 12.3. The van der Waals surface area contributed by atoms with Crippen LogP contribution in [0, 0.1) is 0 Å². The van der Waals surface area contributed by atoms with Crippen molar-refractivity contribution in [1.29, 1.82) is 0 Å². The van der Waals surface area contributed by atoms with Gasteiger partial charge < -0.3 is 0 Å². The first-order chi connectivity index (χ1) is 8.79. The van der Waals surface area contributed by atoms with E-state index in [2.05, 4.69) is 49.6 Å². The van der Waals surface area contributed by atoms with Crippen molar-refractivity contribution in [2.24, 2.45) is 0 Å². The quantitative estimate of drug-likeness (QED) is 0.856. The van der Waals surface area contributed by atoms with Gasteiger partial charge in [-0.25, -0.2) is 4.98 Å². The molecule has 0 unspecified atom stereocenters. The van der Waals surface area contributed by atoms with E-state index >= 15 is 0 Å². The summed E-state index contributed by atoms with van der Waals surface area (Å²) in [6.45, 7) is 10.8. The molecule has 0 bridgehead atoms. The number of thiazole rings is 1. The normalized spacial score (nSPS) is 12.7. The SMILES string of the molecule is CC(C)(C)c1cnc(CC(C)(C)c2nccs2)cn1. The van der Waals surface area contributed by atoms with Gasteiger partial charge in [-0.2, -0.15) is 0 Å². The van der Waals surface area contributed by atoms with Crippen molar-refractivity contribution >= 4 is 11.3 Å². The fourth-order valence-corrected chi connectivity index (χ4v) is 2.68. The van der Waals surface area contributed by atoms with Crippen LogP contribution in [0.5, 0.6) is 0 Å². The molecule has 102 valence electrons. The van der Waals surface area contributed by atoms with E-state index in [1.807, 2.05) is 24.0 Å². The topological polar surface area (TPSA) is 38.7 Å². The molecule has 0 atom stereocenters. The summed E-state index contributed by atoms with van der Waals surface area (Å²) in [6.07, 6.45) is 6.51. The molecule has 0 fully saturated rings. The Morgan fingerprint density at radius 3 is 2.21 bits per heavy atom. The minimum absolute atomic E-state index is 0.00605. The number of hydrogen-bond donors (Lipinski definition) is 0. The van der Waals surface area contributed by atoms with Crippen LogP contribution in [0.25, 0.3) is 0 Å². The standard InChI is InChI=1S/C15H21N3S/c1-14(2,3)12-10-17-11(9-18-12)8-15(4,5)13-16-6-7-19-13/h6-7,9-10H,8H2,1-5H3. The molecule has 0 aliphatic heterocycles. The summed E-state index contributed by atoms with van der Waals surface area (Å²) in [6, 6.07) is 0. The molecule has 3 nitrogen and oxygen atoms in total. The fraction of sp³-hybridized carbons (Fsp3) is 0.533. The van der Waals surface area contributed by atoms with E-state index in [-0.39, 0.29) is 10.8 Å². The minimum Gasteiger partial charge on any atom is -0.258 e. The summed E-state index contributed by atoms with van der Waals surface area (Å²) in [5.41, 5.74) is 2.11. The molecule has 0 spiro atoms. The summed E-state index contributed by atoms with van der Waals surface area (Å²) in [7, 11) is 0. The van der Waals surface area contributed by atoms with E-state index in [4.69, 9.17) is 0 Å². The third kappa shape index (κ3) is 3.38. The van der Waals surface area contributed by atoms with Gasteiger partial charge in [0.15, 0.2) is 0 Å². The Morgan fingerprint density at radius 2 is 1.74 bits per heavy atom. The molecule has 2 heterocycles. The second kappa shape index (κ2) is 5.00. The van der Waals surface area contributed by atoms with Crippen LogP contribution in [0.1, 0.15) is 51.0 Å². The van der Waals surface area contributed by atoms with Gasteiger partial charge in [-0.05, 0) is 0 Å². The molecule has 19 heavy (non-hydrogen) atoms. The van der Waals surface area contributed by atoms with Gasteiger partial charge in [-0.1, -0.05) is 34.6 Å². The van der Waals surface area contributed by atoms with Gasteiger partial charge >= 0.3 is 0 Å². The maximum Gasteiger partial charge on any atom is 0.0985 e. The maximum atomic E-state index is 4.55. The summed E-state index contributed by atoms with van der Waals surface area (Å²) >= 11 is 1.70. The molecule has 2 aromatic heterocycles. The highest BCUT2D eigenvalue weighted by molar-refractivity contribution is 7.09. The van der Waals surface area contributed by atoms with Crippen LogP contribution < -0.4 is 0 Å². The van der Waals surface area contributed by atoms with E-state index in [1.165, 1.54) is 0 Å². The Bertz CT molecular complexity index is 522. The molecule has 0 radical (unpaired) electrons. The Kier molecular flexibility index (Phi) is 3.72. The van der Waals surface area contributed by atoms with E-state index < -0.39 is 0 Å². The first kappa shape index (κ1) is 14.1. The predicted molar refractivity (Wildman–Crippen MR) is 79.6 cm³/mol. The Labute approximate surface area is 119 Å². The maximum absolute atomic E-state index is 4.55. The molecule has 0 aliphatic carbocycles. The van der Waals surface area contributed by atoms with Crippen LogP contribution in [0.15, 0.2) is 24.0 Å². The van der Waals surface area contributed by atoms with Gasteiger partial charge in [0.25, 0.3) is 0 Å². The number of rotatable bonds is 3. The highest BCUT2D eigenvalue weighted by Crippen LogP contribution is 2.28. The van der Waals surface area contributed by atoms with Crippen molar-refractivity contribution in [3.8, 4) is 0 Å². The lowest BCUT2D eigenvalue weighted by atomic mass is 9.88. The van der Waals surface area contributed by atoms with Crippen LogP contribution in [0.4, 0.5) is 0 Å². The molecule has 0 aromatic carbocycles. The van der Waals surface area contributed by atoms with Crippen LogP contribution in [0.3, 0.4) is 0 Å². The lowest BCUT2D eigenvalue weighted by Crippen LogP contribution is -2.22. The first-order valence-electron chi connectivity index (χ1n) is 6.50. The van der Waals surface area contributed by atoms with E-state index in [0.717, 1.165) is 22.8 Å². The lowest BCUT2D eigenvalue weighted by molar-refractivity contribution is 0.507. The minimum atomic E-state index is 0.00605. The summed E-state index contributed by atoms with van der Waals surface area (Å²) in [5, 5.41) is 3.17. The van der Waals surface area contributed by atoms with Crippen molar-refractivity contribution in [2.45, 2.75) is 51.9 Å². The number of hydrogen-bond acceptors (Lipinski definition) is 4. The first-order valence-corrected chi connectivity index (χ1v) is 7.38. The Morgan fingerprint density at radius 1 is 1.00 bits per heavy atom. The second-order valence-electron chi connectivity index (χ2n) is 6.54. The molecule has 0 saturated heterocycles. The molecule has 2 aromatic rings. The Hall–Kier alpha value is -1.29. The van der Waals surface area contributed by atoms with Crippen molar-refractivity contribution in [1.82, 2.24) is 15.0 Å². The molecule has 0 amide bonds. The van der Waals surface area contributed by atoms with Crippen molar-refractivity contribution < 1.29 is 0 Å². The molecular weight excluding hydrogens is 254 g/mol.